The number of aromatic nitrogens is 3. The molecule has 9 aromatic rings. The van der Waals surface area contributed by atoms with Gasteiger partial charge >= 0.3 is 0 Å². The van der Waals surface area contributed by atoms with Crippen molar-refractivity contribution < 1.29 is 0 Å². The Hall–Kier alpha value is -7.69. The second-order valence-corrected chi connectivity index (χ2v) is 15.1. The average Bonchev–Trinajstić information content (AvgIpc) is 3.65. The van der Waals surface area contributed by atoms with Crippen molar-refractivity contribution in [1.82, 2.24) is 15.0 Å². The monoisotopic (exact) mass is 754 g/mol. The zero-order valence-electron chi connectivity index (χ0n) is 32.3. The number of nitrogens with zero attached hydrogens (tertiary/aromatic N) is 4. The average molecular weight is 755 g/mol. The highest BCUT2D eigenvalue weighted by atomic mass is 15.1. The Labute approximate surface area is 344 Å². The van der Waals surface area contributed by atoms with Crippen LogP contribution in [0, 0.1) is 0 Å². The Morgan fingerprint density at radius 2 is 0.915 bits per heavy atom. The van der Waals surface area contributed by atoms with Gasteiger partial charge < -0.3 is 4.90 Å². The van der Waals surface area contributed by atoms with Gasteiger partial charge in [0.2, 0.25) is 0 Å². The van der Waals surface area contributed by atoms with Gasteiger partial charge in [0.25, 0.3) is 0 Å². The van der Waals surface area contributed by atoms with Crippen LogP contribution in [0.1, 0.15) is 18.7 Å². The number of allylic oxidation sites excluding steroid dienone is 4. The standard InChI is InChI=1S/C55H38N4/c1-5-15-37(16-6-1)39-27-31-44(32-28-39)59(45-33-29-40(30-34-45)38-17-7-2-8-18-38)46-35-49-47-25-13-23-41-24-14-26-48(51(41)47)52(49)50(36-46)55-57-53(42-19-9-3-10-20-42)56-54(58-55)43-21-11-4-12-22-43/h1-11,13-21,23-36H,12,22H2. The molecular weight excluding hydrogens is 717 g/mol. The summed E-state index contributed by atoms with van der Waals surface area (Å²) in [6.45, 7) is 0. The molecule has 0 saturated heterocycles. The smallest absolute Gasteiger partial charge is 0.164 e. The van der Waals surface area contributed by atoms with E-state index < -0.39 is 0 Å². The third-order valence-electron chi connectivity index (χ3n) is 11.5. The number of anilines is 3. The van der Waals surface area contributed by atoms with E-state index in [1.807, 2.05) is 18.2 Å². The second kappa shape index (κ2) is 14.7. The molecule has 11 rings (SSSR count). The molecule has 278 valence electrons. The van der Waals surface area contributed by atoms with Gasteiger partial charge in [-0.1, -0.05) is 170 Å². The van der Waals surface area contributed by atoms with Gasteiger partial charge in [-0.25, -0.2) is 15.0 Å². The molecule has 4 heteroatoms. The van der Waals surface area contributed by atoms with Crippen LogP contribution in [0.5, 0.6) is 0 Å². The van der Waals surface area contributed by atoms with E-state index in [1.54, 1.807) is 0 Å². The van der Waals surface area contributed by atoms with Crippen LogP contribution in [0.25, 0.3) is 83.6 Å². The molecule has 2 aliphatic rings. The molecule has 0 bridgehead atoms. The SMILES string of the molecule is C1=CCCC(c2nc(-c3ccccc3)nc(-c3cc(N(c4ccc(-c5ccccc5)cc4)c4ccc(-c5ccccc5)cc4)cc4c3-c3cccc5cccc-4c35)n2)=C1. The number of hydrogen-bond donors (Lipinski definition) is 0. The van der Waals surface area contributed by atoms with Gasteiger partial charge in [0, 0.05) is 33.8 Å². The van der Waals surface area contributed by atoms with Crippen molar-refractivity contribution in [2.45, 2.75) is 12.8 Å². The Morgan fingerprint density at radius 1 is 0.390 bits per heavy atom. The van der Waals surface area contributed by atoms with E-state index >= 15 is 0 Å². The molecule has 1 aromatic heterocycles. The maximum Gasteiger partial charge on any atom is 0.164 e. The first-order valence-electron chi connectivity index (χ1n) is 20.2. The molecule has 0 unspecified atom stereocenters. The van der Waals surface area contributed by atoms with E-state index in [2.05, 4.69) is 193 Å². The summed E-state index contributed by atoms with van der Waals surface area (Å²) in [5, 5.41) is 2.47. The first-order valence-corrected chi connectivity index (χ1v) is 20.2. The Morgan fingerprint density at radius 3 is 1.51 bits per heavy atom. The molecule has 0 spiro atoms. The maximum atomic E-state index is 5.35. The number of rotatable bonds is 8. The van der Waals surface area contributed by atoms with Gasteiger partial charge in [-0.3, -0.25) is 0 Å². The molecule has 59 heavy (non-hydrogen) atoms. The van der Waals surface area contributed by atoms with Crippen molar-refractivity contribution in [1.29, 1.82) is 0 Å². The highest BCUT2D eigenvalue weighted by Crippen LogP contribution is 2.53. The van der Waals surface area contributed by atoms with Crippen LogP contribution in [0.2, 0.25) is 0 Å². The minimum absolute atomic E-state index is 0.658. The fourth-order valence-corrected chi connectivity index (χ4v) is 8.67. The summed E-state index contributed by atoms with van der Waals surface area (Å²) >= 11 is 0. The van der Waals surface area contributed by atoms with Crippen LogP contribution < -0.4 is 4.90 Å². The quantitative estimate of drug-likeness (QED) is 0.155. The molecule has 0 radical (unpaired) electrons. The summed E-state index contributed by atoms with van der Waals surface area (Å²) in [6, 6.07) is 67.1. The van der Waals surface area contributed by atoms with E-state index in [0.29, 0.717) is 11.6 Å². The summed E-state index contributed by atoms with van der Waals surface area (Å²) in [5.41, 5.74) is 15.6. The van der Waals surface area contributed by atoms with Gasteiger partial charge in [0.15, 0.2) is 17.5 Å². The Bertz CT molecular complexity index is 2970. The molecule has 0 amide bonds. The second-order valence-electron chi connectivity index (χ2n) is 15.1. The zero-order valence-corrected chi connectivity index (χ0v) is 32.3. The lowest BCUT2D eigenvalue weighted by Gasteiger charge is -2.27. The highest BCUT2D eigenvalue weighted by Gasteiger charge is 2.29. The van der Waals surface area contributed by atoms with Gasteiger partial charge in [-0.15, -0.1) is 0 Å². The maximum absolute atomic E-state index is 5.35. The lowest BCUT2D eigenvalue weighted by Crippen LogP contribution is -2.11. The predicted octanol–water partition coefficient (Wildman–Crippen LogP) is 14.5. The molecule has 2 aliphatic carbocycles. The first-order chi connectivity index (χ1) is 29.2. The summed E-state index contributed by atoms with van der Waals surface area (Å²) in [4.78, 5) is 18.1. The van der Waals surface area contributed by atoms with Crippen molar-refractivity contribution in [3.05, 3.63) is 212 Å². The van der Waals surface area contributed by atoms with Crippen molar-refractivity contribution >= 4 is 33.4 Å². The van der Waals surface area contributed by atoms with Crippen LogP contribution in [0.15, 0.2) is 206 Å². The van der Waals surface area contributed by atoms with Crippen molar-refractivity contribution in [3.8, 4) is 67.3 Å². The third-order valence-corrected chi connectivity index (χ3v) is 11.5. The van der Waals surface area contributed by atoms with Crippen LogP contribution in [0.3, 0.4) is 0 Å². The Kier molecular flexibility index (Phi) is 8.59. The molecule has 4 nitrogen and oxygen atoms in total. The zero-order chi connectivity index (χ0) is 39.1. The summed E-state index contributed by atoms with van der Waals surface area (Å²) in [7, 11) is 0. The Balaban J connectivity index is 1.16. The molecular formula is C55H38N4. The molecule has 0 aliphatic heterocycles. The first kappa shape index (κ1) is 34.5. The van der Waals surface area contributed by atoms with Crippen LogP contribution >= 0.6 is 0 Å². The predicted molar refractivity (Wildman–Crippen MR) is 245 cm³/mol. The molecule has 1 heterocycles. The third kappa shape index (κ3) is 6.32. The fraction of sp³-hybridized carbons (Fsp3) is 0.0364. The van der Waals surface area contributed by atoms with Gasteiger partial charge in [-0.2, -0.15) is 0 Å². The molecule has 0 N–H and O–H groups in total. The number of benzene rings is 8. The summed E-state index contributed by atoms with van der Waals surface area (Å²) in [5.74, 6) is 2.04. The minimum Gasteiger partial charge on any atom is -0.310 e. The molecule has 8 aromatic carbocycles. The number of hydrogen-bond acceptors (Lipinski definition) is 4. The molecule has 0 saturated carbocycles. The van der Waals surface area contributed by atoms with E-state index in [0.717, 1.165) is 58.0 Å². The van der Waals surface area contributed by atoms with Crippen molar-refractivity contribution in [2.24, 2.45) is 0 Å². The van der Waals surface area contributed by atoms with Crippen LogP contribution in [0.4, 0.5) is 17.1 Å². The molecule has 0 fully saturated rings. The lowest BCUT2D eigenvalue weighted by molar-refractivity contribution is 0.978. The van der Waals surface area contributed by atoms with E-state index in [-0.39, 0.29) is 0 Å². The summed E-state index contributed by atoms with van der Waals surface area (Å²) < 4.78 is 0. The fourth-order valence-electron chi connectivity index (χ4n) is 8.67. The summed E-state index contributed by atoms with van der Waals surface area (Å²) in [6.07, 6.45) is 8.30. The lowest BCUT2D eigenvalue weighted by atomic mass is 9.95. The van der Waals surface area contributed by atoms with Crippen LogP contribution in [-0.4, -0.2) is 15.0 Å². The van der Waals surface area contributed by atoms with E-state index in [4.69, 9.17) is 15.0 Å². The van der Waals surface area contributed by atoms with Gasteiger partial charge in [0.1, 0.15) is 0 Å². The van der Waals surface area contributed by atoms with Gasteiger partial charge in [0.05, 0.1) is 0 Å². The van der Waals surface area contributed by atoms with E-state index in [9.17, 15) is 0 Å². The van der Waals surface area contributed by atoms with Gasteiger partial charge in [-0.05, 0) is 105 Å². The minimum atomic E-state index is 0.658. The molecule has 0 atom stereocenters. The normalized spacial score (nSPS) is 12.6. The van der Waals surface area contributed by atoms with Crippen molar-refractivity contribution in [2.75, 3.05) is 4.90 Å². The van der Waals surface area contributed by atoms with E-state index in [1.165, 1.54) is 49.7 Å². The highest BCUT2D eigenvalue weighted by molar-refractivity contribution is 6.18. The van der Waals surface area contributed by atoms with Crippen LogP contribution in [-0.2, 0) is 0 Å². The largest absolute Gasteiger partial charge is 0.310 e. The topological polar surface area (TPSA) is 41.9 Å². The number of fused-ring (bicyclic) bond motifs is 3. The van der Waals surface area contributed by atoms with Crippen molar-refractivity contribution in [3.63, 3.8) is 0 Å².